The van der Waals surface area contributed by atoms with E-state index in [9.17, 15) is 19.5 Å². The number of carbonyl (C=O) groups excluding carboxylic acids is 3. The Morgan fingerprint density at radius 1 is 1.31 bits per heavy atom. The Hall–Kier alpha value is -1.48. The Balaban J connectivity index is 1.57. The minimum Gasteiger partial charge on any atom is -0.390 e. The van der Waals surface area contributed by atoms with Crippen LogP contribution in [0.5, 0.6) is 0 Å². The van der Waals surface area contributed by atoms with Crippen molar-refractivity contribution in [3.8, 4) is 0 Å². The molecule has 138 valence electrons. The minimum atomic E-state index is -0.552. The molecule has 3 rings (SSSR count). The number of hydrogen-bond donors (Lipinski definition) is 2. The zero-order valence-electron chi connectivity index (χ0n) is 13.7. The van der Waals surface area contributed by atoms with Gasteiger partial charge in [0.1, 0.15) is 0 Å². The lowest BCUT2D eigenvalue weighted by molar-refractivity contribution is -0.124. The maximum Gasteiger partial charge on any atom is 0.293 e. The molecule has 0 unspecified atom stereocenters. The Labute approximate surface area is 164 Å². The van der Waals surface area contributed by atoms with Gasteiger partial charge in [-0.15, -0.1) is 0 Å². The fraction of sp³-hybridized carbons (Fsp3) is 0.353. The maximum absolute atomic E-state index is 12.4. The van der Waals surface area contributed by atoms with Crippen LogP contribution in [0.1, 0.15) is 12.0 Å². The number of benzene rings is 1. The summed E-state index contributed by atoms with van der Waals surface area (Å²) in [5, 5.41) is 12.7. The standard InChI is InChI=1S/C17H17ClN2O4S2/c18-11-3-1-10(2-4-11)7-14-16(23)20(17(24)26-14)6-5-15(22)19-12-8-25-9-13(12)21/h1-4,7,12-13,21H,5-6,8-9H2,(H,19,22)/b14-7-/t12-,13+/m0/s1. The number of nitrogens with one attached hydrogen (secondary N) is 1. The molecule has 6 nitrogen and oxygen atoms in total. The molecule has 2 saturated heterocycles. The lowest BCUT2D eigenvalue weighted by atomic mass is 10.2. The number of hydrogen-bond acceptors (Lipinski definition) is 6. The first-order chi connectivity index (χ1) is 12.4. The summed E-state index contributed by atoms with van der Waals surface area (Å²) in [6, 6.07) is 6.66. The lowest BCUT2D eigenvalue weighted by Crippen LogP contribution is -2.43. The van der Waals surface area contributed by atoms with Gasteiger partial charge in [0.05, 0.1) is 17.1 Å². The van der Waals surface area contributed by atoms with Crippen LogP contribution in [0.25, 0.3) is 6.08 Å². The van der Waals surface area contributed by atoms with Gasteiger partial charge in [-0.05, 0) is 35.5 Å². The Bertz CT molecular complexity index is 754. The molecular formula is C17H17ClN2O4S2. The number of aliphatic hydroxyl groups excluding tert-OH is 1. The van der Waals surface area contributed by atoms with Crippen LogP contribution in [0.15, 0.2) is 29.2 Å². The second kappa shape index (κ2) is 8.47. The summed E-state index contributed by atoms with van der Waals surface area (Å²) in [5.74, 6) is 0.582. The summed E-state index contributed by atoms with van der Waals surface area (Å²) in [7, 11) is 0. The highest BCUT2D eigenvalue weighted by atomic mass is 35.5. The lowest BCUT2D eigenvalue weighted by Gasteiger charge is -2.17. The number of nitrogens with zero attached hydrogens (tertiary/aromatic N) is 1. The average molecular weight is 413 g/mol. The van der Waals surface area contributed by atoms with Gasteiger partial charge in [-0.3, -0.25) is 19.3 Å². The van der Waals surface area contributed by atoms with Crippen molar-refractivity contribution in [1.29, 1.82) is 0 Å². The van der Waals surface area contributed by atoms with E-state index < -0.39 is 12.0 Å². The van der Waals surface area contributed by atoms with Crippen LogP contribution in [0.4, 0.5) is 4.79 Å². The molecule has 2 aliphatic heterocycles. The third-order valence-electron chi connectivity index (χ3n) is 4.00. The largest absolute Gasteiger partial charge is 0.390 e. The number of imide groups is 1. The first-order valence-electron chi connectivity index (χ1n) is 8.00. The van der Waals surface area contributed by atoms with E-state index in [1.807, 2.05) is 0 Å². The van der Waals surface area contributed by atoms with Crippen LogP contribution in [0.3, 0.4) is 0 Å². The number of carbonyl (C=O) groups is 3. The van der Waals surface area contributed by atoms with Crippen molar-refractivity contribution in [1.82, 2.24) is 10.2 Å². The van der Waals surface area contributed by atoms with Gasteiger partial charge in [0.2, 0.25) is 5.91 Å². The molecule has 2 N–H and O–H groups in total. The molecule has 0 bridgehead atoms. The summed E-state index contributed by atoms with van der Waals surface area (Å²) in [6.07, 6.45) is 1.09. The number of halogens is 1. The number of thioether (sulfide) groups is 2. The highest BCUT2D eigenvalue weighted by molar-refractivity contribution is 8.18. The minimum absolute atomic E-state index is 0.0140. The molecule has 0 aromatic heterocycles. The SMILES string of the molecule is O=C(CCN1C(=O)S/C(=C\c2ccc(Cl)cc2)C1=O)N[C@H]1CSC[C@H]1O. The molecule has 2 atom stereocenters. The number of aliphatic hydroxyl groups is 1. The zero-order valence-corrected chi connectivity index (χ0v) is 16.1. The summed E-state index contributed by atoms with van der Waals surface area (Å²) in [4.78, 5) is 37.9. The first kappa shape index (κ1) is 19.3. The smallest absolute Gasteiger partial charge is 0.293 e. The van der Waals surface area contributed by atoms with Gasteiger partial charge in [-0.2, -0.15) is 11.8 Å². The van der Waals surface area contributed by atoms with Gasteiger partial charge in [0.25, 0.3) is 11.1 Å². The topological polar surface area (TPSA) is 86.7 Å². The molecule has 2 aliphatic rings. The fourth-order valence-electron chi connectivity index (χ4n) is 2.58. The van der Waals surface area contributed by atoms with Gasteiger partial charge in [-0.1, -0.05) is 23.7 Å². The van der Waals surface area contributed by atoms with E-state index in [0.29, 0.717) is 21.4 Å². The van der Waals surface area contributed by atoms with E-state index in [2.05, 4.69) is 5.32 Å². The molecule has 9 heteroatoms. The van der Waals surface area contributed by atoms with Gasteiger partial charge < -0.3 is 10.4 Å². The predicted molar refractivity (Wildman–Crippen MR) is 104 cm³/mol. The Kier molecular flexibility index (Phi) is 6.29. The molecular weight excluding hydrogens is 396 g/mol. The van der Waals surface area contributed by atoms with E-state index in [0.717, 1.165) is 22.2 Å². The molecule has 2 heterocycles. The fourth-order valence-corrected chi connectivity index (χ4v) is 4.74. The number of amides is 3. The zero-order chi connectivity index (χ0) is 18.7. The van der Waals surface area contributed by atoms with Crippen molar-refractivity contribution in [2.75, 3.05) is 18.1 Å². The monoisotopic (exact) mass is 412 g/mol. The van der Waals surface area contributed by atoms with Crippen LogP contribution in [-0.4, -0.2) is 57.3 Å². The highest BCUT2D eigenvalue weighted by Gasteiger charge is 2.35. The molecule has 3 amide bonds. The van der Waals surface area contributed by atoms with E-state index in [1.54, 1.807) is 42.1 Å². The molecule has 1 aromatic carbocycles. The normalized spacial score (nSPS) is 24.5. The summed E-state index contributed by atoms with van der Waals surface area (Å²) in [5.41, 5.74) is 0.769. The van der Waals surface area contributed by atoms with Crippen molar-refractivity contribution in [3.05, 3.63) is 39.8 Å². The first-order valence-corrected chi connectivity index (χ1v) is 10.3. The van der Waals surface area contributed by atoms with Crippen LogP contribution in [0.2, 0.25) is 5.02 Å². The van der Waals surface area contributed by atoms with E-state index in [4.69, 9.17) is 11.6 Å². The maximum atomic E-state index is 12.4. The van der Waals surface area contributed by atoms with Gasteiger partial charge in [-0.25, -0.2) is 0 Å². The third kappa shape index (κ3) is 4.62. The summed E-state index contributed by atoms with van der Waals surface area (Å²) in [6.45, 7) is 0.0183. The van der Waals surface area contributed by atoms with Gasteiger partial charge in [0.15, 0.2) is 0 Å². The molecule has 0 spiro atoms. The van der Waals surface area contributed by atoms with E-state index in [1.165, 1.54) is 0 Å². The molecule has 1 aromatic rings. The quantitative estimate of drug-likeness (QED) is 0.722. The second-order valence-electron chi connectivity index (χ2n) is 5.91. The van der Waals surface area contributed by atoms with E-state index >= 15 is 0 Å². The van der Waals surface area contributed by atoms with Crippen LogP contribution in [-0.2, 0) is 9.59 Å². The summed E-state index contributed by atoms with van der Waals surface area (Å²) >= 11 is 8.27. The van der Waals surface area contributed by atoms with Gasteiger partial charge in [0, 0.05) is 29.5 Å². The Morgan fingerprint density at radius 3 is 2.69 bits per heavy atom. The van der Waals surface area contributed by atoms with Crippen molar-refractivity contribution >= 4 is 58.3 Å². The van der Waals surface area contributed by atoms with Crippen LogP contribution < -0.4 is 5.32 Å². The van der Waals surface area contributed by atoms with Crippen molar-refractivity contribution in [2.24, 2.45) is 0 Å². The second-order valence-corrected chi connectivity index (χ2v) is 8.42. The highest BCUT2D eigenvalue weighted by Crippen LogP contribution is 2.32. The molecule has 2 fully saturated rings. The molecule has 26 heavy (non-hydrogen) atoms. The van der Waals surface area contributed by atoms with Gasteiger partial charge >= 0.3 is 0 Å². The van der Waals surface area contributed by atoms with E-state index in [-0.39, 0.29) is 30.2 Å². The van der Waals surface area contributed by atoms with Crippen molar-refractivity contribution in [2.45, 2.75) is 18.6 Å². The van der Waals surface area contributed by atoms with Crippen LogP contribution in [0, 0.1) is 0 Å². The molecule has 0 radical (unpaired) electrons. The predicted octanol–water partition coefficient (Wildman–Crippen LogP) is 2.36. The molecule has 0 aliphatic carbocycles. The summed E-state index contributed by atoms with van der Waals surface area (Å²) < 4.78 is 0. The van der Waals surface area contributed by atoms with Crippen LogP contribution >= 0.6 is 35.1 Å². The average Bonchev–Trinajstić information content (AvgIpc) is 3.12. The van der Waals surface area contributed by atoms with Crippen molar-refractivity contribution < 1.29 is 19.5 Å². The molecule has 0 saturated carbocycles. The number of rotatable bonds is 5. The third-order valence-corrected chi connectivity index (χ3v) is 6.33. The Morgan fingerprint density at radius 2 is 2.04 bits per heavy atom. The van der Waals surface area contributed by atoms with Crippen molar-refractivity contribution in [3.63, 3.8) is 0 Å².